The highest BCUT2D eigenvalue weighted by molar-refractivity contribution is 5.96. The molecule has 3 N–H and O–H groups in total. The molecule has 5 nitrogen and oxygen atoms in total. The minimum atomic E-state index is -0.946. The number of hydrogen-bond acceptors (Lipinski definition) is 3. The van der Waals surface area contributed by atoms with E-state index >= 15 is 0 Å². The largest absolute Gasteiger partial charge is 0.341 e. The molecule has 0 heterocycles. The molecule has 0 saturated heterocycles. The molecule has 0 aromatic heterocycles. The van der Waals surface area contributed by atoms with E-state index in [1.165, 1.54) is 13.1 Å². The molecule has 20 heavy (non-hydrogen) atoms. The summed E-state index contributed by atoms with van der Waals surface area (Å²) in [5.74, 6) is -2.39. The molecular formula is C13H17F2N3O2. The summed E-state index contributed by atoms with van der Waals surface area (Å²) >= 11 is 0. The normalized spacial score (nSPS) is 13.4. The van der Waals surface area contributed by atoms with Crippen molar-refractivity contribution in [1.82, 2.24) is 16.0 Å². The second-order valence-electron chi connectivity index (χ2n) is 4.35. The van der Waals surface area contributed by atoms with E-state index in [9.17, 15) is 18.4 Å². The fourth-order valence-electron chi connectivity index (χ4n) is 1.61. The molecule has 1 aromatic rings. The molecule has 3 amide bonds. The second-order valence-corrected chi connectivity index (χ2v) is 4.35. The summed E-state index contributed by atoms with van der Waals surface area (Å²) < 4.78 is 25.9. The van der Waals surface area contributed by atoms with Crippen molar-refractivity contribution in [2.24, 2.45) is 0 Å². The molecule has 0 radical (unpaired) electrons. The van der Waals surface area contributed by atoms with Gasteiger partial charge in [0.15, 0.2) is 11.6 Å². The van der Waals surface area contributed by atoms with Crippen LogP contribution in [0.4, 0.5) is 13.6 Å². The third-order valence-corrected chi connectivity index (χ3v) is 2.80. The summed E-state index contributed by atoms with van der Waals surface area (Å²) in [6.07, 6.45) is 0. The number of benzene rings is 1. The van der Waals surface area contributed by atoms with Crippen LogP contribution < -0.4 is 16.0 Å². The number of amides is 3. The Kier molecular flexibility index (Phi) is 5.57. The van der Waals surface area contributed by atoms with Crippen LogP contribution in [0.15, 0.2) is 18.2 Å². The lowest BCUT2D eigenvalue weighted by atomic mass is 10.1. The van der Waals surface area contributed by atoms with Crippen LogP contribution >= 0.6 is 0 Å². The standard InChI is InChI=1S/C13H17F2N3O2/c1-7(9-4-5-10(14)11(15)6-9)17-8(2)12(19)18-13(20)16-3/h4-8,17H,1-3H3,(H2,16,18,19,20)/t7-,8-/m0/s1. The molecule has 2 atom stereocenters. The summed E-state index contributed by atoms with van der Waals surface area (Å²) in [7, 11) is 1.39. The van der Waals surface area contributed by atoms with Gasteiger partial charge in [-0.15, -0.1) is 0 Å². The van der Waals surface area contributed by atoms with Crippen molar-refractivity contribution in [3.63, 3.8) is 0 Å². The Morgan fingerprint density at radius 2 is 1.80 bits per heavy atom. The average Bonchev–Trinajstić information content (AvgIpc) is 2.41. The van der Waals surface area contributed by atoms with Gasteiger partial charge in [0.2, 0.25) is 5.91 Å². The van der Waals surface area contributed by atoms with Crippen molar-refractivity contribution < 1.29 is 18.4 Å². The zero-order valence-corrected chi connectivity index (χ0v) is 11.5. The number of halogens is 2. The van der Waals surface area contributed by atoms with E-state index in [1.54, 1.807) is 13.8 Å². The number of imide groups is 1. The van der Waals surface area contributed by atoms with Crippen LogP contribution in [0, 0.1) is 11.6 Å². The Bertz CT molecular complexity index is 508. The lowest BCUT2D eigenvalue weighted by molar-refractivity contribution is -0.121. The Morgan fingerprint density at radius 3 is 2.35 bits per heavy atom. The smallest absolute Gasteiger partial charge is 0.321 e. The first-order valence-corrected chi connectivity index (χ1v) is 6.08. The maximum absolute atomic E-state index is 13.1. The quantitative estimate of drug-likeness (QED) is 0.784. The van der Waals surface area contributed by atoms with Gasteiger partial charge in [-0.1, -0.05) is 6.07 Å². The molecule has 0 fully saturated rings. The maximum atomic E-state index is 13.1. The average molecular weight is 285 g/mol. The highest BCUT2D eigenvalue weighted by Crippen LogP contribution is 2.16. The minimum absolute atomic E-state index is 0.379. The summed E-state index contributed by atoms with van der Waals surface area (Å²) in [5, 5.41) is 7.27. The van der Waals surface area contributed by atoms with Crippen LogP contribution in [0.2, 0.25) is 0 Å². The summed E-state index contributed by atoms with van der Waals surface area (Å²) in [5.41, 5.74) is 0.503. The van der Waals surface area contributed by atoms with Gasteiger partial charge in [0, 0.05) is 13.1 Å². The van der Waals surface area contributed by atoms with Crippen molar-refractivity contribution >= 4 is 11.9 Å². The van der Waals surface area contributed by atoms with Gasteiger partial charge in [0.05, 0.1) is 6.04 Å². The number of carbonyl (C=O) groups is 2. The first kappa shape index (κ1) is 16.0. The van der Waals surface area contributed by atoms with Crippen molar-refractivity contribution in [2.45, 2.75) is 25.9 Å². The summed E-state index contributed by atoms with van der Waals surface area (Å²) in [6.45, 7) is 3.27. The summed E-state index contributed by atoms with van der Waals surface area (Å²) in [6, 6.07) is 1.86. The van der Waals surface area contributed by atoms with E-state index in [1.807, 2.05) is 0 Å². The van der Waals surface area contributed by atoms with Crippen LogP contribution in [0.25, 0.3) is 0 Å². The number of rotatable bonds is 4. The predicted octanol–water partition coefficient (Wildman–Crippen LogP) is 1.46. The third-order valence-electron chi connectivity index (χ3n) is 2.80. The van der Waals surface area contributed by atoms with E-state index in [-0.39, 0.29) is 6.04 Å². The molecule has 0 aliphatic heterocycles. The van der Waals surface area contributed by atoms with Crippen LogP contribution in [0.5, 0.6) is 0 Å². The number of urea groups is 1. The van der Waals surface area contributed by atoms with E-state index in [2.05, 4.69) is 16.0 Å². The Balaban J connectivity index is 2.64. The predicted molar refractivity (Wildman–Crippen MR) is 70.0 cm³/mol. The molecule has 110 valence electrons. The molecule has 0 saturated carbocycles. The van der Waals surface area contributed by atoms with Crippen molar-refractivity contribution in [3.8, 4) is 0 Å². The maximum Gasteiger partial charge on any atom is 0.321 e. The fourth-order valence-corrected chi connectivity index (χ4v) is 1.61. The van der Waals surface area contributed by atoms with E-state index in [0.29, 0.717) is 5.56 Å². The summed E-state index contributed by atoms with van der Waals surface area (Å²) in [4.78, 5) is 22.6. The van der Waals surface area contributed by atoms with Crippen molar-refractivity contribution in [2.75, 3.05) is 7.05 Å². The van der Waals surface area contributed by atoms with Gasteiger partial charge in [-0.3, -0.25) is 15.4 Å². The van der Waals surface area contributed by atoms with Gasteiger partial charge in [-0.2, -0.15) is 0 Å². The number of hydrogen-bond donors (Lipinski definition) is 3. The van der Waals surface area contributed by atoms with Gasteiger partial charge in [0.1, 0.15) is 0 Å². The van der Waals surface area contributed by atoms with Crippen LogP contribution in [0.1, 0.15) is 25.5 Å². The molecule has 1 aromatic carbocycles. The van der Waals surface area contributed by atoms with Gasteiger partial charge in [-0.25, -0.2) is 13.6 Å². The van der Waals surface area contributed by atoms with Crippen molar-refractivity contribution in [3.05, 3.63) is 35.4 Å². The second kappa shape index (κ2) is 6.95. The Hall–Kier alpha value is -2.02. The number of nitrogens with one attached hydrogen (secondary N) is 3. The zero-order valence-electron chi connectivity index (χ0n) is 11.5. The lowest BCUT2D eigenvalue weighted by Crippen LogP contribution is -2.47. The molecule has 0 aliphatic rings. The minimum Gasteiger partial charge on any atom is -0.341 e. The lowest BCUT2D eigenvalue weighted by Gasteiger charge is -2.19. The topological polar surface area (TPSA) is 70.2 Å². The SMILES string of the molecule is CNC(=O)NC(=O)[C@H](C)N[C@@H](C)c1ccc(F)c(F)c1. The first-order valence-electron chi connectivity index (χ1n) is 6.08. The van der Waals surface area contributed by atoms with E-state index in [4.69, 9.17) is 0 Å². The van der Waals surface area contributed by atoms with Crippen LogP contribution in [-0.2, 0) is 4.79 Å². The highest BCUT2D eigenvalue weighted by Gasteiger charge is 2.18. The molecule has 7 heteroatoms. The van der Waals surface area contributed by atoms with Crippen LogP contribution in [0.3, 0.4) is 0 Å². The van der Waals surface area contributed by atoms with Crippen LogP contribution in [-0.4, -0.2) is 25.0 Å². The van der Waals surface area contributed by atoms with Gasteiger partial charge in [-0.05, 0) is 31.5 Å². The highest BCUT2D eigenvalue weighted by atomic mass is 19.2. The monoisotopic (exact) mass is 285 g/mol. The van der Waals surface area contributed by atoms with E-state index < -0.39 is 29.6 Å². The third kappa shape index (κ3) is 4.27. The first-order chi connectivity index (χ1) is 9.35. The zero-order chi connectivity index (χ0) is 15.3. The van der Waals surface area contributed by atoms with E-state index in [0.717, 1.165) is 12.1 Å². The molecule has 0 unspecified atom stereocenters. The molecule has 0 spiro atoms. The van der Waals surface area contributed by atoms with Crippen molar-refractivity contribution in [1.29, 1.82) is 0 Å². The molecule has 0 bridgehead atoms. The fraction of sp³-hybridized carbons (Fsp3) is 0.385. The van der Waals surface area contributed by atoms with Gasteiger partial charge >= 0.3 is 6.03 Å². The Labute approximate surface area is 115 Å². The molecule has 1 rings (SSSR count). The van der Waals surface area contributed by atoms with Gasteiger partial charge in [0.25, 0.3) is 0 Å². The van der Waals surface area contributed by atoms with Gasteiger partial charge < -0.3 is 5.32 Å². The number of carbonyl (C=O) groups excluding carboxylic acids is 2. The Morgan fingerprint density at radius 1 is 1.15 bits per heavy atom. The molecular weight excluding hydrogens is 268 g/mol. The molecule has 0 aliphatic carbocycles.